The van der Waals surface area contributed by atoms with E-state index < -0.39 is 20.2 Å². The van der Waals surface area contributed by atoms with Crippen molar-refractivity contribution in [1.29, 1.82) is 0 Å². The van der Waals surface area contributed by atoms with Crippen LogP contribution in [0.4, 0.5) is 22.7 Å². The molecular weight excluding hydrogens is 360 g/mol. The van der Waals surface area contributed by atoms with Crippen LogP contribution >= 0.6 is 0 Å². The smallest absolute Gasteiger partial charge is 0.296 e. The summed E-state index contributed by atoms with van der Waals surface area (Å²) in [6.07, 6.45) is 0. The van der Waals surface area contributed by atoms with Crippen LogP contribution in [0.25, 0.3) is 0 Å². The topological polar surface area (TPSA) is 213 Å². The molecule has 0 aliphatic rings. The van der Waals surface area contributed by atoms with E-state index in [4.69, 9.17) is 32.0 Å². The molecular formula is C12H16N4O6S2. The highest BCUT2D eigenvalue weighted by atomic mass is 32.2. The van der Waals surface area contributed by atoms with Crippen molar-refractivity contribution < 1.29 is 25.9 Å². The van der Waals surface area contributed by atoms with E-state index in [0.29, 0.717) is 11.4 Å². The van der Waals surface area contributed by atoms with Crippen LogP contribution in [0.5, 0.6) is 0 Å². The van der Waals surface area contributed by atoms with E-state index in [2.05, 4.69) is 0 Å². The number of benzene rings is 2. The van der Waals surface area contributed by atoms with Gasteiger partial charge in [0.1, 0.15) is 9.79 Å². The Kier molecular flexibility index (Phi) is 5.62. The van der Waals surface area contributed by atoms with Gasteiger partial charge in [0.25, 0.3) is 20.2 Å². The quantitative estimate of drug-likeness (QED) is 0.309. The fourth-order valence-corrected chi connectivity index (χ4v) is 2.80. The lowest BCUT2D eigenvalue weighted by atomic mass is 10.3. The Morgan fingerprint density at radius 3 is 1.12 bits per heavy atom. The van der Waals surface area contributed by atoms with Gasteiger partial charge in [-0.25, -0.2) is 0 Å². The minimum Gasteiger partial charge on any atom is -0.399 e. The third-order valence-electron chi connectivity index (χ3n) is 2.62. The first-order chi connectivity index (χ1) is 10.8. The monoisotopic (exact) mass is 376 g/mol. The average Bonchev–Trinajstić information content (AvgIpc) is 2.35. The van der Waals surface area contributed by atoms with Gasteiger partial charge in [-0.2, -0.15) is 16.8 Å². The molecule has 0 aliphatic carbocycles. The van der Waals surface area contributed by atoms with Crippen molar-refractivity contribution in [2.45, 2.75) is 9.79 Å². The Hall–Kier alpha value is -2.54. The summed E-state index contributed by atoms with van der Waals surface area (Å²) in [5.41, 5.74) is 21.8. The molecule has 0 heterocycles. The first-order valence-electron chi connectivity index (χ1n) is 6.07. The van der Waals surface area contributed by atoms with E-state index in [1.165, 1.54) is 24.3 Å². The number of hydrogen-bond donors (Lipinski definition) is 6. The van der Waals surface area contributed by atoms with Gasteiger partial charge in [0, 0.05) is 11.4 Å². The summed E-state index contributed by atoms with van der Waals surface area (Å²) in [6.45, 7) is 0. The number of anilines is 4. The molecule has 0 atom stereocenters. The summed E-state index contributed by atoms with van der Waals surface area (Å²) in [6, 6.07) is 7.53. The minimum atomic E-state index is -4.23. The lowest BCUT2D eigenvalue weighted by Gasteiger charge is -2.01. The molecule has 0 amide bonds. The van der Waals surface area contributed by atoms with Crippen LogP contribution in [0, 0.1) is 0 Å². The first kappa shape index (κ1) is 19.5. The third kappa shape index (κ3) is 5.27. The predicted molar refractivity (Wildman–Crippen MR) is 90.2 cm³/mol. The zero-order valence-corrected chi connectivity index (χ0v) is 13.8. The van der Waals surface area contributed by atoms with Gasteiger partial charge in [0.2, 0.25) is 0 Å². The van der Waals surface area contributed by atoms with E-state index >= 15 is 0 Å². The van der Waals surface area contributed by atoms with Crippen molar-refractivity contribution in [3.05, 3.63) is 36.4 Å². The first-order valence-corrected chi connectivity index (χ1v) is 8.95. The number of hydrogen-bond acceptors (Lipinski definition) is 8. The summed E-state index contributed by atoms with van der Waals surface area (Å²) in [7, 11) is -8.46. The molecule has 0 aromatic heterocycles. The van der Waals surface area contributed by atoms with Crippen LogP contribution < -0.4 is 22.9 Å². The predicted octanol–water partition coefficient (Wildman–Crippen LogP) is 0.195. The van der Waals surface area contributed by atoms with Crippen LogP contribution in [-0.2, 0) is 20.2 Å². The fourth-order valence-electron chi connectivity index (χ4n) is 1.60. The molecule has 12 heteroatoms. The highest BCUT2D eigenvalue weighted by molar-refractivity contribution is 7.86. The fraction of sp³-hybridized carbons (Fsp3) is 0. The largest absolute Gasteiger partial charge is 0.399 e. The molecule has 2 aromatic rings. The molecule has 132 valence electrons. The molecule has 0 bridgehead atoms. The van der Waals surface area contributed by atoms with Crippen LogP contribution in [-0.4, -0.2) is 25.9 Å². The number of nitrogens with two attached hydrogens (primary N) is 4. The molecule has 0 saturated heterocycles. The normalized spacial score (nSPS) is 11.4. The van der Waals surface area contributed by atoms with Gasteiger partial charge in [0.15, 0.2) is 0 Å². The van der Waals surface area contributed by atoms with Crippen LogP contribution in [0.15, 0.2) is 46.2 Å². The molecule has 0 fully saturated rings. The highest BCUT2D eigenvalue weighted by Crippen LogP contribution is 2.20. The maximum atomic E-state index is 10.6. The summed E-state index contributed by atoms with van der Waals surface area (Å²) < 4.78 is 59.6. The second kappa shape index (κ2) is 6.92. The van der Waals surface area contributed by atoms with E-state index in [-0.39, 0.29) is 21.2 Å². The molecule has 0 radical (unpaired) electrons. The van der Waals surface area contributed by atoms with Gasteiger partial charge in [-0.15, -0.1) is 0 Å². The third-order valence-corrected chi connectivity index (χ3v) is 4.48. The maximum Gasteiger partial charge on any atom is 0.296 e. The van der Waals surface area contributed by atoms with Crippen molar-refractivity contribution in [2.24, 2.45) is 0 Å². The Labute approximate surface area is 138 Å². The molecule has 2 rings (SSSR count). The summed E-state index contributed by atoms with van der Waals surface area (Å²) in [4.78, 5) is -0.645. The second-order valence-corrected chi connectivity index (χ2v) is 7.32. The van der Waals surface area contributed by atoms with Gasteiger partial charge in [-0.3, -0.25) is 9.11 Å². The van der Waals surface area contributed by atoms with Crippen molar-refractivity contribution in [3.63, 3.8) is 0 Å². The number of nitrogen functional groups attached to an aromatic ring is 4. The molecule has 10 nitrogen and oxygen atoms in total. The SMILES string of the molecule is Nc1ccc(S(=O)(=O)O)c(N)c1.Nc1ccc(S(=O)(=O)O)c(N)c1. The van der Waals surface area contributed by atoms with Crippen LogP contribution in [0.1, 0.15) is 0 Å². The van der Waals surface area contributed by atoms with E-state index in [0.717, 1.165) is 12.1 Å². The summed E-state index contributed by atoms with van der Waals surface area (Å²) >= 11 is 0. The van der Waals surface area contributed by atoms with Crippen LogP contribution in [0.3, 0.4) is 0 Å². The van der Waals surface area contributed by atoms with E-state index in [9.17, 15) is 16.8 Å². The van der Waals surface area contributed by atoms with Gasteiger partial charge in [0.05, 0.1) is 11.4 Å². The Bertz CT molecular complexity index is 878. The van der Waals surface area contributed by atoms with Gasteiger partial charge >= 0.3 is 0 Å². The summed E-state index contributed by atoms with van der Waals surface area (Å²) in [5, 5.41) is 0. The standard InChI is InChI=1S/2C6H8N2O3S/c2*7-4-1-2-6(5(8)3-4)12(9,10)11/h2*1-3H,7-8H2,(H,9,10,11). The van der Waals surface area contributed by atoms with Gasteiger partial charge in [-0.05, 0) is 36.4 Å². The zero-order chi connectivity index (χ0) is 18.7. The van der Waals surface area contributed by atoms with E-state index in [1.54, 1.807) is 0 Å². The Balaban J connectivity index is 0.000000240. The average molecular weight is 376 g/mol. The zero-order valence-electron chi connectivity index (χ0n) is 12.1. The lowest BCUT2D eigenvalue weighted by molar-refractivity contribution is 0.481. The molecule has 2 aromatic carbocycles. The molecule has 10 N–H and O–H groups in total. The van der Waals surface area contributed by atoms with Crippen molar-refractivity contribution in [2.75, 3.05) is 22.9 Å². The number of rotatable bonds is 2. The lowest BCUT2D eigenvalue weighted by Crippen LogP contribution is -2.03. The maximum absolute atomic E-state index is 10.6. The molecule has 0 spiro atoms. The van der Waals surface area contributed by atoms with E-state index in [1.807, 2.05) is 0 Å². The molecule has 0 saturated carbocycles. The van der Waals surface area contributed by atoms with Gasteiger partial charge < -0.3 is 22.9 Å². The van der Waals surface area contributed by atoms with Crippen molar-refractivity contribution in [3.8, 4) is 0 Å². The Morgan fingerprint density at radius 2 is 0.917 bits per heavy atom. The Morgan fingerprint density at radius 1 is 0.625 bits per heavy atom. The summed E-state index contributed by atoms with van der Waals surface area (Å²) in [5.74, 6) is 0. The molecule has 0 aliphatic heterocycles. The minimum absolute atomic E-state index is 0.0579. The molecule has 0 unspecified atom stereocenters. The van der Waals surface area contributed by atoms with Crippen molar-refractivity contribution in [1.82, 2.24) is 0 Å². The van der Waals surface area contributed by atoms with Crippen molar-refractivity contribution >= 4 is 43.0 Å². The second-order valence-electron chi connectivity index (χ2n) is 4.54. The van der Waals surface area contributed by atoms with Gasteiger partial charge in [-0.1, -0.05) is 0 Å². The molecule has 24 heavy (non-hydrogen) atoms. The van der Waals surface area contributed by atoms with Crippen LogP contribution in [0.2, 0.25) is 0 Å². The highest BCUT2D eigenvalue weighted by Gasteiger charge is 2.13.